The first-order valence-electron chi connectivity index (χ1n) is 8.23. The summed E-state index contributed by atoms with van der Waals surface area (Å²) >= 11 is 1.70. The van der Waals surface area contributed by atoms with E-state index >= 15 is 0 Å². The van der Waals surface area contributed by atoms with Gasteiger partial charge in [-0.25, -0.2) is 4.98 Å². The van der Waals surface area contributed by atoms with Crippen LogP contribution >= 0.6 is 11.3 Å². The summed E-state index contributed by atoms with van der Waals surface area (Å²) in [5.41, 5.74) is 9.26. The molecule has 0 aliphatic heterocycles. The smallest absolute Gasteiger partial charge is 0.123 e. The van der Waals surface area contributed by atoms with E-state index in [1.54, 1.807) is 11.3 Å². The maximum absolute atomic E-state index is 5.58. The molecule has 3 nitrogen and oxygen atoms in total. The van der Waals surface area contributed by atoms with Crippen molar-refractivity contribution in [1.29, 1.82) is 0 Å². The standard InChI is InChI=1S/C18H27N3S/c1-3-5-12-21(4-2)13-15-6-8-16(9-7-15)18-20-17(10-11-19)14-22-18/h6-9,14H,3-5,10-13,19H2,1-2H3. The van der Waals surface area contributed by atoms with Gasteiger partial charge >= 0.3 is 0 Å². The lowest BCUT2D eigenvalue weighted by Crippen LogP contribution is -2.23. The van der Waals surface area contributed by atoms with Crippen molar-refractivity contribution in [3.8, 4) is 10.6 Å². The van der Waals surface area contributed by atoms with Gasteiger partial charge in [-0.2, -0.15) is 0 Å². The van der Waals surface area contributed by atoms with Crippen LogP contribution in [0, 0.1) is 0 Å². The summed E-state index contributed by atoms with van der Waals surface area (Å²) in [4.78, 5) is 7.15. The maximum Gasteiger partial charge on any atom is 0.123 e. The predicted molar refractivity (Wildman–Crippen MR) is 96.2 cm³/mol. The quantitative estimate of drug-likeness (QED) is 0.762. The molecule has 0 saturated carbocycles. The van der Waals surface area contributed by atoms with E-state index in [1.165, 1.54) is 30.5 Å². The fourth-order valence-electron chi connectivity index (χ4n) is 2.44. The average Bonchev–Trinajstić information content (AvgIpc) is 3.01. The van der Waals surface area contributed by atoms with Crippen LogP contribution < -0.4 is 5.73 Å². The molecule has 0 fully saturated rings. The summed E-state index contributed by atoms with van der Waals surface area (Å²) in [6.45, 7) is 8.47. The summed E-state index contributed by atoms with van der Waals surface area (Å²) in [6, 6.07) is 8.84. The summed E-state index contributed by atoms with van der Waals surface area (Å²) in [7, 11) is 0. The molecule has 0 atom stereocenters. The molecule has 2 aromatic rings. The third kappa shape index (κ3) is 4.90. The van der Waals surface area contributed by atoms with Crippen LogP contribution in [0.1, 0.15) is 37.9 Å². The molecule has 0 amide bonds. The Balaban J connectivity index is 1.99. The number of thiazole rings is 1. The fourth-order valence-corrected chi connectivity index (χ4v) is 3.30. The molecule has 22 heavy (non-hydrogen) atoms. The first kappa shape index (κ1) is 17.1. The van der Waals surface area contributed by atoms with E-state index in [9.17, 15) is 0 Å². The Labute approximate surface area is 138 Å². The summed E-state index contributed by atoms with van der Waals surface area (Å²) < 4.78 is 0. The van der Waals surface area contributed by atoms with Crippen molar-refractivity contribution in [2.75, 3.05) is 19.6 Å². The number of aromatic nitrogens is 1. The zero-order chi connectivity index (χ0) is 15.8. The third-order valence-corrected chi connectivity index (χ3v) is 4.77. The van der Waals surface area contributed by atoms with Crippen molar-refractivity contribution in [2.45, 2.75) is 39.7 Å². The molecule has 0 spiro atoms. The van der Waals surface area contributed by atoms with Crippen LogP contribution in [0.2, 0.25) is 0 Å². The van der Waals surface area contributed by atoms with Crippen LogP contribution in [0.4, 0.5) is 0 Å². The number of rotatable bonds is 9. The lowest BCUT2D eigenvalue weighted by Gasteiger charge is -2.20. The molecule has 2 rings (SSSR count). The minimum atomic E-state index is 0.659. The molecule has 1 aromatic heterocycles. The van der Waals surface area contributed by atoms with E-state index in [-0.39, 0.29) is 0 Å². The molecule has 0 unspecified atom stereocenters. The number of benzene rings is 1. The van der Waals surface area contributed by atoms with Gasteiger partial charge in [-0.15, -0.1) is 11.3 Å². The molecule has 4 heteroatoms. The summed E-state index contributed by atoms with van der Waals surface area (Å²) in [6.07, 6.45) is 3.39. The molecule has 0 aliphatic rings. The first-order valence-corrected chi connectivity index (χ1v) is 9.10. The lowest BCUT2D eigenvalue weighted by atomic mass is 10.1. The Kier molecular flexibility index (Phi) is 7.03. The van der Waals surface area contributed by atoms with Gasteiger partial charge in [0.15, 0.2) is 0 Å². The van der Waals surface area contributed by atoms with Gasteiger partial charge in [-0.1, -0.05) is 44.5 Å². The van der Waals surface area contributed by atoms with Gasteiger partial charge in [-0.3, -0.25) is 4.90 Å². The van der Waals surface area contributed by atoms with Crippen LogP contribution in [0.15, 0.2) is 29.6 Å². The SMILES string of the molecule is CCCCN(CC)Cc1ccc(-c2nc(CCN)cs2)cc1. The first-order chi connectivity index (χ1) is 10.8. The number of nitrogens with two attached hydrogens (primary N) is 1. The normalized spacial score (nSPS) is 11.3. The highest BCUT2D eigenvalue weighted by Crippen LogP contribution is 2.24. The van der Waals surface area contributed by atoms with Gasteiger partial charge in [0.25, 0.3) is 0 Å². The zero-order valence-corrected chi connectivity index (χ0v) is 14.5. The van der Waals surface area contributed by atoms with Crippen molar-refractivity contribution >= 4 is 11.3 Å². The Morgan fingerprint density at radius 1 is 1.18 bits per heavy atom. The summed E-state index contributed by atoms with van der Waals surface area (Å²) in [5, 5.41) is 3.20. The van der Waals surface area contributed by atoms with Crippen LogP contribution in [0.5, 0.6) is 0 Å². The molecular weight excluding hydrogens is 290 g/mol. The van der Waals surface area contributed by atoms with E-state index in [2.05, 4.69) is 53.4 Å². The van der Waals surface area contributed by atoms with E-state index < -0.39 is 0 Å². The van der Waals surface area contributed by atoms with Gasteiger partial charge in [0.2, 0.25) is 0 Å². The van der Waals surface area contributed by atoms with E-state index in [0.29, 0.717) is 6.54 Å². The number of nitrogens with zero attached hydrogens (tertiary/aromatic N) is 2. The molecule has 2 N–H and O–H groups in total. The van der Waals surface area contributed by atoms with Gasteiger partial charge < -0.3 is 5.73 Å². The number of unbranched alkanes of at least 4 members (excludes halogenated alkanes) is 1. The fraction of sp³-hybridized carbons (Fsp3) is 0.500. The second-order valence-electron chi connectivity index (χ2n) is 5.60. The van der Waals surface area contributed by atoms with Gasteiger partial charge in [0, 0.05) is 23.9 Å². The minimum Gasteiger partial charge on any atom is -0.330 e. The van der Waals surface area contributed by atoms with Crippen LogP contribution in [-0.4, -0.2) is 29.5 Å². The number of hydrogen-bond donors (Lipinski definition) is 1. The van der Waals surface area contributed by atoms with Crippen molar-refractivity contribution < 1.29 is 0 Å². The van der Waals surface area contributed by atoms with E-state index in [4.69, 9.17) is 5.73 Å². The van der Waals surface area contributed by atoms with Crippen molar-refractivity contribution in [2.24, 2.45) is 5.73 Å². The molecule has 0 aliphatic carbocycles. The van der Waals surface area contributed by atoms with Crippen molar-refractivity contribution in [3.05, 3.63) is 40.9 Å². The van der Waals surface area contributed by atoms with Crippen LogP contribution in [0.25, 0.3) is 10.6 Å². The Morgan fingerprint density at radius 3 is 2.59 bits per heavy atom. The topological polar surface area (TPSA) is 42.2 Å². The predicted octanol–water partition coefficient (Wildman–Crippen LogP) is 3.93. The molecule has 1 heterocycles. The highest BCUT2D eigenvalue weighted by molar-refractivity contribution is 7.13. The maximum atomic E-state index is 5.58. The highest BCUT2D eigenvalue weighted by atomic mass is 32.1. The monoisotopic (exact) mass is 317 g/mol. The Morgan fingerprint density at radius 2 is 1.95 bits per heavy atom. The average molecular weight is 318 g/mol. The van der Waals surface area contributed by atoms with E-state index in [1.807, 2.05) is 0 Å². The lowest BCUT2D eigenvalue weighted by molar-refractivity contribution is 0.275. The van der Waals surface area contributed by atoms with Gasteiger partial charge in [0.05, 0.1) is 5.69 Å². The minimum absolute atomic E-state index is 0.659. The van der Waals surface area contributed by atoms with Crippen LogP contribution in [0.3, 0.4) is 0 Å². The van der Waals surface area contributed by atoms with Crippen molar-refractivity contribution in [3.63, 3.8) is 0 Å². The van der Waals surface area contributed by atoms with E-state index in [0.717, 1.165) is 30.2 Å². The van der Waals surface area contributed by atoms with Gasteiger partial charge in [-0.05, 0) is 31.6 Å². The Hall–Kier alpha value is -1.23. The second kappa shape index (κ2) is 9.03. The highest BCUT2D eigenvalue weighted by Gasteiger charge is 2.06. The molecule has 0 bridgehead atoms. The molecule has 1 aromatic carbocycles. The molecular formula is C18H27N3S. The summed E-state index contributed by atoms with van der Waals surface area (Å²) in [5.74, 6) is 0. The second-order valence-corrected chi connectivity index (χ2v) is 6.46. The molecule has 0 saturated heterocycles. The molecule has 120 valence electrons. The largest absolute Gasteiger partial charge is 0.330 e. The van der Waals surface area contributed by atoms with Crippen molar-refractivity contribution in [1.82, 2.24) is 9.88 Å². The zero-order valence-electron chi connectivity index (χ0n) is 13.7. The Bertz CT molecular complexity index is 548. The molecule has 0 radical (unpaired) electrons. The van der Waals surface area contributed by atoms with Gasteiger partial charge in [0.1, 0.15) is 5.01 Å². The van der Waals surface area contributed by atoms with Crippen LogP contribution in [-0.2, 0) is 13.0 Å². The third-order valence-electron chi connectivity index (χ3n) is 3.83. The number of hydrogen-bond acceptors (Lipinski definition) is 4.